The molecule has 0 bridgehead atoms. The van der Waals surface area contributed by atoms with Crippen LogP contribution in [0.25, 0.3) is 0 Å². The summed E-state index contributed by atoms with van der Waals surface area (Å²) in [5.41, 5.74) is 2.86. The number of aliphatic hydroxyl groups excluding tert-OH is 1. The number of pyridine rings is 1. The van der Waals surface area contributed by atoms with E-state index in [-0.39, 0.29) is 17.9 Å². The van der Waals surface area contributed by atoms with Gasteiger partial charge in [0.1, 0.15) is 5.82 Å². The second-order valence-electron chi connectivity index (χ2n) is 7.33. The van der Waals surface area contributed by atoms with Crippen LogP contribution < -0.4 is 9.80 Å². The summed E-state index contributed by atoms with van der Waals surface area (Å²) in [6, 6.07) is 11.9. The zero-order chi connectivity index (χ0) is 18.1. The van der Waals surface area contributed by atoms with Crippen LogP contribution in [0.4, 0.5) is 11.5 Å². The molecule has 2 aromatic rings. The van der Waals surface area contributed by atoms with Crippen LogP contribution in [-0.4, -0.2) is 41.7 Å². The summed E-state index contributed by atoms with van der Waals surface area (Å²) in [7, 11) is 0. The minimum absolute atomic E-state index is 0.00880. The Bertz CT molecular complexity index is 788. The number of hydrogen-bond acceptors (Lipinski definition) is 4. The fourth-order valence-corrected chi connectivity index (χ4v) is 4.02. The lowest BCUT2D eigenvalue weighted by Gasteiger charge is -2.35. The van der Waals surface area contributed by atoms with E-state index in [1.165, 1.54) is 5.56 Å². The van der Waals surface area contributed by atoms with Gasteiger partial charge in [0.15, 0.2) is 0 Å². The summed E-state index contributed by atoms with van der Waals surface area (Å²) in [6.07, 6.45) is 4.41. The van der Waals surface area contributed by atoms with Gasteiger partial charge >= 0.3 is 0 Å². The third-order valence-electron chi connectivity index (χ3n) is 5.59. The fraction of sp³-hybridized carbons (Fsp3) is 0.429. The van der Waals surface area contributed by atoms with Crippen molar-refractivity contribution in [2.45, 2.75) is 32.3 Å². The third-order valence-corrected chi connectivity index (χ3v) is 5.59. The van der Waals surface area contributed by atoms with Gasteiger partial charge < -0.3 is 14.9 Å². The molecule has 4 rings (SSSR count). The van der Waals surface area contributed by atoms with Crippen molar-refractivity contribution in [3.63, 3.8) is 0 Å². The summed E-state index contributed by atoms with van der Waals surface area (Å²) in [5, 5.41) is 9.86. The van der Waals surface area contributed by atoms with Crippen molar-refractivity contribution in [2.24, 2.45) is 5.92 Å². The molecule has 26 heavy (non-hydrogen) atoms. The number of carbonyl (C=O) groups is 1. The highest BCUT2D eigenvalue weighted by Crippen LogP contribution is 2.29. The topological polar surface area (TPSA) is 56.7 Å². The summed E-state index contributed by atoms with van der Waals surface area (Å²) < 4.78 is 0. The highest BCUT2D eigenvalue weighted by Gasteiger charge is 2.27. The number of fused-ring (bicyclic) bond motifs is 1. The molecule has 0 radical (unpaired) electrons. The monoisotopic (exact) mass is 351 g/mol. The fourth-order valence-electron chi connectivity index (χ4n) is 4.02. The van der Waals surface area contributed by atoms with E-state index in [1.54, 1.807) is 6.20 Å². The van der Waals surface area contributed by atoms with Gasteiger partial charge in [-0.25, -0.2) is 4.98 Å². The molecule has 2 atom stereocenters. The first kappa shape index (κ1) is 17.0. The zero-order valence-corrected chi connectivity index (χ0v) is 15.1. The van der Waals surface area contributed by atoms with Crippen LogP contribution in [0.1, 0.15) is 35.7 Å². The Morgan fingerprint density at radius 3 is 2.85 bits per heavy atom. The summed E-state index contributed by atoms with van der Waals surface area (Å²) in [4.78, 5) is 21.5. The second kappa shape index (κ2) is 7.08. The van der Waals surface area contributed by atoms with Crippen LogP contribution in [-0.2, 0) is 6.42 Å². The predicted molar refractivity (Wildman–Crippen MR) is 103 cm³/mol. The number of hydrogen-bond donors (Lipinski definition) is 1. The molecule has 2 aliphatic rings. The number of amides is 1. The van der Waals surface area contributed by atoms with Crippen molar-refractivity contribution >= 4 is 17.4 Å². The van der Waals surface area contributed by atoms with Crippen LogP contribution in [0, 0.1) is 5.92 Å². The van der Waals surface area contributed by atoms with Crippen molar-refractivity contribution in [1.29, 1.82) is 0 Å². The number of nitrogens with zero attached hydrogens (tertiary/aromatic N) is 3. The molecule has 1 saturated heterocycles. The molecular formula is C21H25N3O2. The van der Waals surface area contributed by atoms with Gasteiger partial charge in [-0.3, -0.25) is 4.79 Å². The number of benzene rings is 1. The molecule has 1 N–H and O–H groups in total. The number of rotatable bonds is 3. The molecule has 1 aromatic heterocycles. The maximum Gasteiger partial charge on any atom is 0.259 e. The first-order valence-electron chi connectivity index (χ1n) is 9.42. The van der Waals surface area contributed by atoms with Gasteiger partial charge in [-0.1, -0.05) is 18.2 Å². The number of anilines is 2. The Morgan fingerprint density at radius 1 is 1.23 bits per heavy atom. The van der Waals surface area contributed by atoms with E-state index in [9.17, 15) is 9.90 Å². The molecule has 136 valence electrons. The Kier molecular flexibility index (Phi) is 4.64. The average Bonchev–Trinajstić information content (AvgIpc) is 3.12. The Labute approximate surface area is 154 Å². The molecular weight excluding hydrogens is 326 g/mol. The van der Waals surface area contributed by atoms with E-state index in [4.69, 9.17) is 0 Å². The van der Waals surface area contributed by atoms with E-state index >= 15 is 0 Å². The van der Waals surface area contributed by atoms with Gasteiger partial charge in [0.25, 0.3) is 5.91 Å². The molecule has 3 heterocycles. The lowest BCUT2D eigenvalue weighted by molar-refractivity contribution is 0.0989. The van der Waals surface area contributed by atoms with Gasteiger partial charge in [0.2, 0.25) is 0 Å². The summed E-state index contributed by atoms with van der Waals surface area (Å²) >= 11 is 0. The van der Waals surface area contributed by atoms with Crippen molar-refractivity contribution in [2.75, 3.05) is 29.4 Å². The van der Waals surface area contributed by atoms with Crippen LogP contribution in [0.15, 0.2) is 42.6 Å². The minimum Gasteiger partial charge on any atom is -0.393 e. The van der Waals surface area contributed by atoms with Crippen molar-refractivity contribution in [3.05, 3.63) is 53.7 Å². The highest BCUT2D eigenvalue weighted by molar-refractivity contribution is 6.07. The maximum atomic E-state index is 12.9. The smallest absolute Gasteiger partial charge is 0.259 e. The molecule has 1 fully saturated rings. The van der Waals surface area contributed by atoms with Crippen molar-refractivity contribution in [1.82, 2.24) is 4.98 Å². The Morgan fingerprint density at radius 2 is 2.08 bits per heavy atom. The molecule has 5 nitrogen and oxygen atoms in total. The second-order valence-corrected chi connectivity index (χ2v) is 7.33. The van der Waals surface area contributed by atoms with Crippen LogP contribution in [0.5, 0.6) is 0 Å². The van der Waals surface area contributed by atoms with Gasteiger partial charge in [-0.15, -0.1) is 0 Å². The van der Waals surface area contributed by atoms with Crippen LogP contribution in [0.3, 0.4) is 0 Å². The molecule has 0 saturated carbocycles. The Balaban J connectivity index is 1.49. The van der Waals surface area contributed by atoms with Gasteiger partial charge in [0.05, 0.1) is 11.7 Å². The van der Waals surface area contributed by atoms with Crippen LogP contribution >= 0.6 is 0 Å². The van der Waals surface area contributed by atoms with Gasteiger partial charge in [0, 0.05) is 37.4 Å². The minimum atomic E-state index is -0.297. The third kappa shape index (κ3) is 3.19. The van der Waals surface area contributed by atoms with Crippen molar-refractivity contribution in [3.8, 4) is 0 Å². The molecule has 1 amide bonds. The average molecular weight is 351 g/mol. The predicted octanol–water partition coefficient (Wildman–Crippen LogP) is 2.88. The van der Waals surface area contributed by atoms with Crippen molar-refractivity contribution < 1.29 is 9.90 Å². The van der Waals surface area contributed by atoms with Gasteiger partial charge in [-0.2, -0.15) is 0 Å². The zero-order valence-electron chi connectivity index (χ0n) is 15.1. The number of aromatic nitrogens is 1. The van der Waals surface area contributed by atoms with E-state index in [1.807, 2.05) is 42.2 Å². The number of piperidine rings is 1. The van der Waals surface area contributed by atoms with E-state index < -0.39 is 0 Å². The largest absolute Gasteiger partial charge is 0.393 e. The van der Waals surface area contributed by atoms with E-state index in [2.05, 4.69) is 16.0 Å². The number of carbonyl (C=O) groups excluding carboxylic acids is 1. The number of aliphatic hydroxyl groups is 1. The van der Waals surface area contributed by atoms with E-state index in [0.29, 0.717) is 5.56 Å². The van der Waals surface area contributed by atoms with Crippen LogP contribution in [0.2, 0.25) is 0 Å². The standard InChI is InChI=1S/C21H25N3O2/c1-15(25)18-6-4-11-23(14-18)20-9-8-17(13-22-20)21(26)24-12-10-16-5-2-3-7-19(16)24/h2-3,5,7-9,13,15,18,25H,4,6,10-12,14H2,1H3. The molecule has 1 aromatic carbocycles. The quantitative estimate of drug-likeness (QED) is 0.924. The molecule has 0 spiro atoms. The first-order chi connectivity index (χ1) is 12.6. The van der Waals surface area contributed by atoms with E-state index in [0.717, 1.165) is 50.4 Å². The lowest BCUT2D eigenvalue weighted by atomic mass is 9.93. The first-order valence-corrected chi connectivity index (χ1v) is 9.42. The Hall–Kier alpha value is -2.40. The molecule has 2 unspecified atom stereocenters. The number of para-hydroxylation sites is 1. The molecule has 0 aliphatic carbocycles. The normalized spacial score (nSPS) is 20.8. The molecule has 2 aliphatic heterocycles. The summed E-state index contributed by atoms with van der Waals surface area (Å²) in [6.45, 7) is 4.35. The highest BCUT2D eigenvalue weighted by atomic mass is 16.3. The molecule has 5 heteroatoms. The van der Waals surface area contributed by atoms with Gasteiger partial charge in [-0.05, 0) is 49.9 Å². The lowest BCUT2D eigenvalue weighted by Crippen LogP contribution is -2.40. The maximum absolute atomic E-state index is 12.9. The summed E-state index contributed by atoms with van der Waals surface area (Å²) in [5.74, 6) is 1.18. The SMILES string of the molecule is CC(O)C1CCCN(c2ccc(C(=O)N3CCc4ccccc43)cn2)C1.